The summed E-state index contributed by atoms with van der Waals surface area (Å²) in [7, 11) is 0. The first-order valence-corrected chi connectivity index (χ1v) is 6.79. The van der Waals surface area contributed by atoms with Gasteiger partial charge >= 0.3 is 0 Å². The highest BCUT2D eigenvalue weighted by Crippen LogP contribution is 2.63. The molecular weight excluding hydrogens is 179 g/mol. The Bertz CT molecular complexity index is 261. The van der Waals surface area contributed by atoms with Crippen molar-refractivity contribution in [2.75, 3.05) is 0 Å². The SMILES string of the molecule is CCB(CC)CC1=CC2C(CC1)C2(C)C. The summed E-state index contributed by atoms with van der Waals surface area (Å²) in [5, 5.41) is 0. The number of hydrogen-bond donors (Lipinski definition) is 0. The second-order valence-electron chi connectivity index (χ2n) is 6.20. The Morgan fingerprint density at radius 3 is 2.53 bits per heavy atom. The van der Waals surface area contributed by atoms with E-state index in [1.54, 1.807) is 5.57 Å². The molecule has 0 nitrogen and oxygen atoms in total. The third-order valence-corrected chi connectivity index (χ3v) is 5.04. The summed E-state index contributed by atoms with van der Waals surface area (Å²) >= 11 is 0. The fourth-order valence-electron chi connectivity index (χ4n) is 3.47. The molecule has 2 aliphatic carbocycles. The highest BCUT2D eigenvalue weighted by atomic mass is 14.6. The first-order valence-electron chi connectivity index (χ1n) is 6.79. The Kier molecular flexibility index (Phi) is 3.01. The predicted octanol–water partition coefficient (Wildman–Crippen LogP) is 4.51. The molecule has 0 N–H and O–H groups in total. The standard InChI is InChI=1S/C14H25B/c1-5-15(6-2)10-11-7-8-12-13(9-11)14(12,3)4/h9,12-13H,5-8,10H2,1-4H3. The summed E-state index contributed by atoms with van der Waals surface area (Å²) in [6.07, 6.45) is 9.57. The zero-order valence-corrected chi connectivity index (χ0v) is 10.8. The molecule has 2 unspecified atom stereocenters. The van der Waals surface area contributed by atoms with Crippen LogP contribution < -0.4 is 0 Å². The van der Waals surface area contributed by atoms with Gasteiger partial charge in [-0.3, -0.25) is 0 Å². The van der Waals surface area contributed by atoms with Crippen molar-refractivity contribution >= 4 is 6.71 Å². The Hall–Kier alpha value is -0.195. The van der Waals surface area contributed by atoms with Crippen LogP contribution in [0.3, 0.4) is 0 Å². The van der Waals surface area contributed by atoms with E-state index in [9.17, 15) is 0 Å². The van der Waals surface area contributed by atoms with E-state index in [0.717, 1.165) is 18.5 Å². The molecule has 84 valence electrons. The van der Waals surface area contributed by atoms with Crippen LogP contribution in [0.25, 0.3) is 0 Å². The second-order valence-corrected chi connectivity index (χ2v) is 6.20. The molecule has 0 saturated heterocycles. The molecule has 0 heterocycles. The van der Waals surface area contributed by atoms with Gasteiger partial charge in [0.1, 0.15) is 6.71 Å². The Morgan fingerprint density at radius 1 is 1.33 bits per heavy atom. The van der Waals surface area contributed by atoms with E-state index in [-0.39, 0.29) is 0 Å². The summed E-state index contributed by atoms with van der Waals surface area (Å²) < 4.78 is 0. The topological polar surface area (TPSA) is 0 Å². The number of rotatable bonds is 4. The smallest absolute Gasteiger partial charge is 0.0821 e. The van der Waals surface area contributed by atoms with Crippen molar-refractivity contribution in [1.29, 1.82) is 0 Å². The lowest BCUT2D eigenvalue weighted by molar-refractivity contribution is 0.533. The van der Waals surface area contributed by atoms with Crippen LogP contribution in [0.1, 0.15) is 40.5 Å². The maximum Gasteiger partial charge on any atom is 0.143 e. The van der Waals surface area contributed by atoms with Crippen molar-refractivity contribution in [3.8, 4) is 0 Å². The molecule has 0 aliphatic heterocycles. The second kappa shape index (κ2) is 3.99. The van der Waals surface area contributed by atoms with Crippen LogP contribution in [-0.4, -0.2) is 6.71 Å². The highest BCUT2D eigenvalue weighted by Gasteiger charge is 2.56. The van der Waals surface area contributed by atoms with Crippen LogP contribution in [0.5, 0.6) is 0 Å². The van der Waals surface area contributed by atoms with Gasteiger partial charge in [-0.2, -0.15) is 0 Å². The molecule has 2 aliphatic rings. The highest BCUT2D eigenvalue weighted by molar-refractivity contribution is 6.59. The van der Waals surface area contributed by atoms with Crippen LogP contribution in [0.2, 0.25) is 19.0 Å². The van der Waals surface area contributed by atoms with Crippen molar-refractivity contribution in [2.24, 2.45) is 17.3 Å². The van der Waals surface area contributed by atoms with Gasteiger partial charge in [0.25, 0.3) is 0 Å². The summed E-state index contributed by atoms with van der Waals surface area (Å²) in [4.78, 5) is 0. The van der Waals surface area contributed by atoms with Gasteiger partial charge in [-0.1, -0.05) is 58.3 Å². The molecule has 0 spiro atoms. The molecule has 0 amide bonds. The first kappa shape index (κ1) is 11.3. The summed E-state index contributed by atoms with van der Waals surface area (Å²) in [6.45, 7) is 10.5. The average Bonchev–Trinajstić information content (AvgIpc) is 2.78. The van der Waals surface area contributed by atoms with E-state index in [4.69, 9.17) is 0 Å². The molecule has 15 heavy (non-hydrogen) atoms. The van der Waals surface area contributed by atoms with Gasteiger partial charge < -0.3 is 0 Å². The van der Waals surface area contributed by atoms with Crippen molar-refractivity contribution in [2.45, 2.75) is 59.5 Å². The van der Waals surface area contributed by atoms with Gasteiger partial charge in [0, 0.05) is 0 Å². The predicted molar refractivity (Wildman–Crippen MR) is 69.6 cm³/mol. The van der Waals surface area contributed by atoms with E-state index in [2.05, 4.69) is 33.8 Å². The van der Waals surface area contributed by atoms with Crippen molar-refractivity contribution < 1.29 is 0 Å². The van der Waals surface area contributed by atoms with Gasteiger partial charge in [0.15, 0.2) is 0 Å². The van der Waals surface area contributed by atoms with Crippen molar-refractivity contribution in [3.63, 3.8) is 0 Å². The molecule has 0 radical (unpaired) electrons. The van der Waals surface area contributed by atoms with E-state index < -0.39 is 0 Å². The van der Waals surface area contributed by atoms with Crippen LogP contribution in [0, 0.1) is 17.3 Å². The zero-order chi connectivity index (χ0) is 11.1. The molecular formula is C14H25B. The first-order chi connectivity index (χ1) is 7.09. The van der Waals surface area contributed by atoms with Gasteiger partial charge in [-0.15, -0.1) is 0 Å². The molecule has 2 rings (SSSR count). The minimum atomic E-state index is 0.635. The normalized spacial score (nSPS) is 31.9. The zero-order valence-electron chi connectivity index (χ0n) is 10.8. The average molecular weight is 204 g/mol. The summed E-state index contributed by atoms with van der Waals surface area (Å²) in [6, 6.07) is 0. The third kappa shape index (κ3) is 2.03. The number of allylic oxidation sites excluding steroid dienone is 2. The minimum absolute atomic E-state index is 0.635. The van der Waals surface area contributed by atoms with E-state index in [1.165, 1.54) is 31.8 Å². The van der Waals surface area contributed by atoms with E-state index >= 15 is 0 Å². The van der Waals surface area contributed by atoms with Crippen molar-refractivity contribution in [1.82, 2.24) is 0 Å². The van der Waals surface area contributed by atoms with Crippen LogP contribution >= 0.6 is 0 Å². The molecule has 0 bridgehead atoms. The number of fused-ring (bicyclic) bond motifs is 1. The Morgan fingerprint density at radius 2 is 2.00 bits per heavy atom. The molecule has 1 heteroatoms. The maximum absolute atomic E-state index is 2.63. The van der Waals surface area contributed by atoms with Crippen LogP contribution in [0.4, 0.5) is 0 Å². The van der Waals surface area contributed by atoms with E-state index in [1.807, 2.05) is 0 Å². The Labute approximate surface area is 95.6 Å². The maximum atomic E-state index is 2.63. The quantitative estimate of drug-likeness (QED) is 0.466. The summed E-state index contributed by atoms with van der Waals surface area (Å²) in [5.74, 6) is 1.94. The molecule has 0 aromatic rings. The largest absolute Gasteiger partial charge is 0.143 e. The third-order valence-electron chi connectivity index (χ3n) is 5.04. The van der Waals surface area contributed by atoms with Gasteiger partial charge in [-0.05, 0) is 30.1 Å². The summed E-state index contributed by atoms with van der Waals surface area (Å²) in [5.41, 5.74) is 2.41. The van der Waals surface area contributed by atoms with Crippen molar-refractivity contribution in [3.05, 3.63) is 11.6 Å². The van der Waals surface area contributed by atoms with Gasteiger partial charge in [-0.25, -0.2) is 0 Å². The molecule has 1 saturated carbocycles. The lowest BCUT2D eigenvalue weighted by Crippen LogP contribution is -2.11. The molecule has 1 fully saturated rings. The van der Waals surface area contributed by atoms with Crippen LogP contribution in [-0.2, 0) is 0 Å². The van der Waals surface area contributed by atoms with E-state index in [0.29, 0.717) is 5.41 Å². The lowest BCUT2D eigenvalue weighted by Gasteiger charge is -2.15. The molecule has 2 atom stereocenters. The molecule has 0 aromatic heterocycles. The molecule has 0 aromatic carbocycles. The number of hydrogen-bond acceptors (Lipinski definition) is 0. The Balaban J connectivity index is 1.95. The van der Waals surface area contributed by atoms with Gasteiger partial charge in [0.2, 0.25) is 0 Å². The fraction of sp³-hybridized carbons (Fsp3) is 0.857. The van der Waals surface area contributed by atoms with Crippen LogP contribution in [0.15, 0.2) is 11.6 Å². The lowest BCUT2D eigenvalue weighted by atomic mass is 9.42. The monoisotopic (exact) mass is 204 g/mol. The fourth-order valence-corrected chi connectivity index (χ4v) is 3.47. The van der Waals surface area contributed by atoms with Gasteiger partial charge in [0.05, 0.1) is 0 Å². The minimum Gasteiger partial charge on any atom is -0.0821 e.